The Kier molecular flexibility index (Phi) is 6.19. The predicted octanol–water partition coefficient (Wildman–Crippen LogP) is 4.18. The van der Waals surface area contributed by atoms with Crippen LogP contribution in [0.15, 0.2) is 48.5 Å². The first-order valence-corrected chi connectivity index (χ1v) is 8.52. The van der Waals surface area contributed by atoms with E-state index in [4.69, 9.17) is 10.00 Å². The van der Waals surface area contributed by atoms with Gasteiger partial charge in [0.05, 0.1) is 11.6 Å². The third-order valence-corrected chi connectivity index (χ3v) is 3.59. The molecule has 2 aromatic rings. The molecule has 0 saturated heterocycles. The van der Waals surface area contributed by atoms with Gasteiger partial charge in [-0.25, -0.2) is 4.79 Å². The van der Waals surface area contributed by atoms with Gasteiger partial charge in [0.15, 0.2) is 0 Å². The first-order valence-electron chi connectivity index (χ1n) is 8.52. The summed E-state index contributed by atoms with van der Waals surface area (Å²) in [5.74, 6) is -0.267. The van der Waals surface area contributed by atoms with Crippen molar-refractivity contribution in [3.63, 3.8) is 0 Å². The monoisotopic (exact) mass is 365 g/mol. The van der Waals surface area contributed by atoms with E-state index in [2.05, 4.69) is 5.32 Å². The number of nitriles is 1. The lowest BCUT2D eigenvalue weighted by atomic mass is 10.1. The number of carbonyl (C=O) groups excluding carboxylic acids is 2. The fourth-order valence-electron chi connectivity index (χ4n) is 2.33. The van der Waals surface area contributed by atoms with Gasteiger partial charge in [-0.1, -0.05) is 12.1 Å². The Morgan fingerprint density at radius 3 is 2.41 bits per heavy atom. The van der Waals surface area contributed by atoms with Crippen molar-refractivity contribution in [2.45, 2.75) is 32.9 Å². The van der Waals surface area contributed by atoms with Crippen molar-refractivity contribution in [1.82, 2.24) is 4.90 Å². The summed E-state index contributed by atoms with van der Waals surface area (Å²) in [6.07, 6.45) is -0.408. The molecular weight excluding hydrogens is 342 g/mol. The van der Waals surface area contributed by atoms with Gasteiger partial charge >= 0.3 is 6.09 Å². The van der Waals surface area contributed by atoms with E-state index in [1.807, 2.05) is 45.0 Å². The van der Waals surface area contributed by atoms with Gasteiger partial charge in [0, 0.05) is 24.8 Å². The fourth-order valence-corrected chi connectivity index (χ4v) is 2.33. The summed E-state index contributed by atoms with van der Waals surface area (Å²) in [6.45, 7) is 5.81. The number of amides is 2. The molecule has 2 rings (SSSR count). The lowest BCUT2D eigenvalue weighted by molar-refractivity contribution is 0.0285. The van der Waals surface area contributed by atoms with Crippen LogP contribution in [0, 0.1) is 11.3 Å². The van der Waals surface area contributed by atoms with Crippen LogP contribution in [0.2, 0.25) is 0 Å². The Morgan fingerprint density at radius 1 is 1.15 bits per heavy atom. The Morgan fingerprint density at radius 2 is 1.81 bits per heavy atom. The highest BCUT2D eigenvalue weighted by Crippen LogP contribution is 2.16. The second-order valence-electron chi connectivity index (χ2n) is 7.18. The maximum atomic E-state index is 12.3. The highest BCUT2D eigenvalue weighted by Gasteiger charge is 2.19. The summed E-state index contributed by atoms with van der Waals surface area (Å²) >= 11 is 0. The molecule has 0 aromatic heterocycles. The number of ether oxygens (including phenoxy) is 1. The number of nitrogens with zero attached hydrogens (tertiary/aromatic N) is 2. The van der Waals surface area contributed by atoms with Gasteiger partial charge in [-0.05, 0) is 62.7 Å². The molecule has 0 aliphatic heterocycles. The largest absolute Gasteiger partial charge is 0.444 e. The molecule has 2 amide bonds. The molecule has 6 nitrogen and oxygen atoms in total. The minimum atomic E-state index is -0.553. The maximum absolute atomic E-state index is 12.3. The fraction of sp³-hybridized carbons (Fsp3) is 0.286. The van der Waals surface area contributed by atoms with Gasteiger partial charge in [0.1, 0.15) is 5.60 Å². The average Bonchev–Trinajstić information content (AvgIpc) is 2.60. The smallest absolute Gasteiger partial charge is 0.410 e. The Balaban J connectivity index is 2.03. The molecule has 0 saturated carbocycles. The van der Waals surface area contributed by atoms with Gasteiger partial charge in [-0.3, -0.25) is 4.79 Å². The first kappa shape index (κ1) is 20.0. The summed E-state index contributed by atoms with van der Waals surface area (Å²) < 4.78 is 5.34. The minimum absolute atomic E-state index is 0.267. The molecule has 0 radical (unpaired) electrons. The zero-order chi connectivity index (χ0) is 20.0. The molecule has 0 heterocycles. The van der Waals surface area contributed by atoms with Gasteiger partial charge < -0.3 is 15.0 Å². The van der Waals surface area contributed by atoms with E-state index in [0.717, 1.165) is 5.56 Å². The third kappa shape index (κ3) is 6.15. The maximum Gasteiger partial charge on any atom is 0.410 e. The number of anilines is 1. The summed E-state index contributed by atoms with van der Waals surface area (Å²) in [7, 11) is 1.66. The number of rotatable bonds is 4. The van der Waals surface area contributed by atoms with Crippen molar-refractivity contribution >= 4 is 17.7 Å². The molecular formula is C21H23N3O3. The standard InChI is InChI=1S/C21H23N3O3/c1-21(2,3)27-20(26)24(4)14-16-6-5-7-18(12-16)23-19(25)17-10-8-15(13-22)9-11-17/h5-12H,14H2,1-4H3,(H,23,25). The molecule has 140 valence electrons. The van der Waals surface area contributed by atoms with Crippen molar-refractivity contribution < 1.29 is 14.3 Å². The van der Waals surface area contributed by atoms with Crippen molar-refractivity contribution in [3.05, 3.63) is 65.2 Å². The molecule has 0 aliphatic rings. The van der Waals surface area contributed by atoms with Crippen LogP contribution in [-0.2, 0) is 11.3 Å². The van der Waals surface area contributed by atoms with Crippen molar-refractivity contribution in [1.29, 1.82) is 5.26 Å². The van der Waals surface area contributed by atoms with E-state index in [9.17, 15) is 9.59 Å². The third-order valence-electron chi connectivity index (χ3n) is 3.59. The molecule has 0 bridgehead atoms. The molecule has 1 N–H and O–H groups in total. The van der Waals surface area contributed by atoms with Crippen molar-refractivity contribution in [3.8, 4) is 6.07 Å². The van der Waals surface area contributed by atoms with Gasteiger partial charge in [0.25, 0.3) is 5.91 Å². The Bertz CT molecular complexity index is 861. The van der Waals surface area contributed by atoms with E-state index >= 15 is 0 Å². The second kappa shape index (κ2) is 8.37. The van der Waals surface area contributed by atoms with Crippen LogP contribution in [0.3, 0.4) is 0 Å². The molecule has 0 fully saturated rings. The molecule has 0 unspecified atom stereocenters. The average molecular weight is 365 g/mol. The minimum Gasteiger partial charge on any atom is -0.444 e. The van der Waals surface area contributed by atoms with Crippen LogP contribution in [-0.4, -0.2) is 29.5 Å². The van der Waals surface area contributed by atoms with Crippen molar-refractivity contribution in [2.75, 3.05) is 12.4 Å². The Hall–Kier alpha value is -3.33. The lowest BCUT2D eigenvalue weighted by Gasteiger charge is -2.24. The second-order valence-corrected chi connectivity index (χ2v) is 7.18. The first-order chi connectivity index (χ1) is 12.7. The highest BCUT2D eigenvalue weighted by molar-refractivity contribution is 6.04. The van der Waals surface area contributed by atoms with E-state index in [1.165, 1.54) is 4.90 Å². The van der Waals surface area contributed by atoms with Crippen LogP contribution in [0.1, 0.15) is 42.3 Å². The summed E-state index contributed by atoms with van der Waals surface area (Å²) in [5.41, 5.74) is 1.90. The number of hydrogen-bond donors (Lipinski definition) is 1. The number of benzene rings is 2. The number of carbonyl (C=O) groups is 2. The summed E-state index contributed by atoms with van der Waals surface area (Å²) in [5, 5.41) is 11.6. The zero-order valence-electron chi connectivity index (χ0n) is 15.9. The van der Waals surface area contributed by atoms with Crippen LogP contribution in [0.5, 0.6) is 0 Å². The van der Waals surface area contributed by atoms with E-state index in [0.29, 0.717) is 23.4 Å². The predicted molar refractivity (Wildman–Crippen MR) is 103 cm³/mol. The normalized spacial score (nSPS) is 10.6. The highest BCUT2D eigenvalue weighted by atomic mass is 16.6. The molecule has 6 heteroatoms. The summed E-state index contributed by atoms with van der Waals surface area (Å²) in [4.78, 5) is 25.9. The van der Waals surface area contributed by atoms with Crippen LogP contribution in [0.4, 0.5) is 10.5 Å². The molecule has 2 aromatic carbocycles. The molecule has 0 atom stereocenters. The van der Waals surface area contributed by atoms with Crippen LogP contribution >= 0.6 is 0 Å². The lowest BCUT2D eigenvalue weighted by Crippen LogP contribution is -2.33. The van der Waals surface area contributed by atoms with Crippen LogP contribution in [0.25, 0.3) is 0 Å². The summed E-state index contributed by atoms with van der Waals surface area (Å²) in [6, 6.07) is 15.7. The van der Waals surface area contributed by atoms with Crippen molar-refractivity contribution in [2.24, 2.45) is 0 Å². The van der Waals surface area contributed by atoms with E-state index in [1.54, 1.807) is 37.4 Å². The SMILES string of the molecule is CN(Cc1cccc(NC(=O)c2ccc(C#N)cc2)c1)C(=O)OC(C)(C)C. The molecule has 0 spiro atoms. The zero-order valence-corrected chi connectivity index (χ0v) is 15.9. The van der Waals surface area contributed by atoms with Gasteiger partial charge in [-0.15, -0.1) is 0 Å². The van der Waals surface area contributed by atoms with Crippen LogP contribution < -0.4 is 5.32 Å². The van der Waals surface area contributed by atoms with E-state index < -0.39 is 11.7 Å². The van der Waals surface area contributed by atoms with Gasteiger partial charge in [0.2, 0.25) is 0 Å². The van der Waals surface area contributed by atoms with E-state index in [-0.39, 0.29) is 5.91 Å². The Labute approximate surface area is 159 Å². The quantitative estimate of drug-likeness (QED) is 0.881. The number of nitrogens with one attached hydrogen (secondary N) is 1. The molecule has 0 aliphatic carbocycles. The molecule has 27 heavy (non-hydrogen) atoms. The van der Waals surface area contributed by atoms with Gasteiger partial charge in [-0.2, -0.15) is 5.26 Å². The topological polar surface area (TPSA) is 82.4 Å². The number of hydrogen-bond acceptors (Lipinski definition) is 4.